The highest BCUT2D eigenvalue weighted by atomic mass is 35.5. The predicted molar refractivity (Wildman–Crippen MR) is 139 cm³/mol. The molecule has 2 aliphatic heterocycles. The third-order valence-electron chi connectivity index (χ3n) is 5.22. The van der Waals surface area contributed by atoms with Gasteiger partial charge in [-0.25, -0.2) is 14.3 Å². The van der Waals surface area contributed by atoms with Gasteiger partial charge in [0.2, 0.25) is 6.41 Å². The Morgan fingerprint density at radius 3 is 2.84 bits per heavy atom. The average Bonchev–Trinajstić information content (AvgIpc) is 3.24. The Labute approximate surface area is 228 Å². The summed E-state index contributed by atoms with van der Waals surface area (Å²) in [6.45, 7) is 0.312. The van der Waals surface area contributed by atoms with Gasteiger partial charge in [0.05, 0.1) is 0 Å². The number of aliphatic carboxylic acids is 1. The molecule has 0 aromatic carbocycles. The van der Waals surface area contributed by atoms with Crippen molar-refractivity contribution in [3.63, 3.8) is 0 Å². The number of pyridine rings is 1. The molecular formula is C21H20ClN6O6S3+. The van der Waals surface area contributed by atoms with Crippen molar-refractivity contribution in [2.45, 2.75) is 18.0 Å². The first-order chi connectivity index (χ1) is 17.8. The number of oxime groups is 1. The molecular weight excluding hydrogens is 564 g/mol. The largest absolute Gasteiger partial charge is 0.477 e. The van der Waals surface area contributed by atoms with E-state index >= 15 is 0 Å². The lowest BCUT2D eigenvalue weighted by molar-refractivity contribution is -0.689. The van der Waals surface area contributed by atoms with Crippen LogP contribution in [0.2, 0.25) is 4.34 Å². The standard InChI is InChI=1S/C21H19ClN6O6S3/c1-35-10-34-26-13(12-16(22)37-21(25-12)23-9-29)17(30)24-14-18(31)28-15(20(32)33)11(8-36-19(14)28)7-27-5-3-2-4-6-27/h2-6,9,14,19H,7-8,10H2,1H3,(H2-,23,24,25,29,30,32,33)/p+1/t14?,19-/m0/s1. The van der Waals surface area contributed by atoms with E-state index in [4.69, 9.17) is 16.4 Å². The number of nitrogens with zero attached hydrogens (tertiary/aromatic N) is 4. The maximum absolute atomic E-state index is 13.2. The zero-order valence-corrected chi connectivity index (χ0v) is 22.3. The van der Waals surface area contributed by atoms with Crippen molar-refractivity contribution in [1.29, 1.82) is 0 Å². The van der Waals surface area contributed by atoms with Gasteiger partial charge >= 0.3 is 5.97 Å². The SMILES string of the molecule is CSCON=C(C(=O)NC1C(=O)N2C(C(=O)O)=C(C[n+]3ccccc3)CS[C@@H]12)c1nc(NC=O)sc1Cl. The van der Waals surface area contributed by atoms with E-state index in [2.05, 4.69) is 20.8 Å². The number of carboxylic acids is 1. The molecule has 4 rings (SSSR count). The summed E-state index contributed by atoms with van der Waals surface area (Å²) in [5.74, 6) is -2.05. The van der Waals surface area contributed by atoms with E-state index in [9.17, 15) is 24.3 Å². The second-order valence-corrected chi connectivity index (χ2v) is 11.1. The number of amides is 3. The summed E-state index contributed by atoms with van der Waals surface area (Å²) in [7, 11) is 0. The van der Waals surface area contributed by atoms with Crippen molar-refractivity contribution in [2.24, 2.45) is 5.16 Å². The molecule has 3 N–H and O–H groups in total. The average molecular weight is 584 g/mol. The summed E-state index contributed by atoms with van der Waals surface area (Å²) < 4.78 is 1.91. The number of aromatic nitrogens is 2. The molecule has 0 radical (unpaired) electrons. The molecule has 0 bridgehead atoms. The number of β-lactam (4-membered cyclic amide) rings is 1. The lowest BCUT2D eigenvalue weighted by Gasteiger charge is -2.49. The molecule has 4 heterocycles. The molecule has 2 aromatic heterocycles. The number of nitrogens with one attached hydrogen (secondary N) is 2. The van der Waals surface area contributed by atoms with Gasteiger partial charge in [-0.1, -0.05) is 34.2 Å². The number of carboxylic acid groups (broad SMARTS) is 1. The topological polar surface area (TPSA) is 154 Å². The highest BCUT2D eigenvalue weighted by molar-refractivity contribution is 8.00. The molecule has 1 saturated heterocycles. The summed E-state index contributed by atoms with van der Waals surface area (Å²) in [6.07, 6.45) is 5.81. The number of halogens is 1. The van der Waals surface area contributed by atoms with Gasteiger partial charge in [-0.05, 0) is 6.26 Å². The van der Waals surface area contributed by atoms with Crippen LogP contribution in [-0.4, -0.2) is 74.3 Å². The number of carbonyl (C=O) groups excluding carboxylic acids is 3. The number of thioether (sulfide) groups is 2. The molecule has 0 aliphatic carbocycles. The fourth-order valence-corrected chi connectivity index (χ4v) is 6.17. The fraction of sp³-hybridized carbons (Fsp3) is 0.286. The number of anilines is 1. The van der Waals surface area contributed by atoms with Gasteiger partial charge in [0.15, 0.2) is 35.7 Å². The van der Waals surface area contributed by atoms with Gasteiger partial charge in [-0.15, -0.1) is 23.5 Å². The summed E-state index contributed by atoms with van der Waals surface area (Å²) in [5, 5.41) is 18.2. The van der Waals surface area contributed by atoms with Crippen LogP contribution < -0.4 is 15.2 Å². The highest BCUT2D eigenvalue weighted by Gasteiger charge is 2.54. The van der Waals surface area contributed by atoms with Crippen molar-refractivity contribution < 1.29 is 33.7 Å². The number of hydrogen-bond donors (Lipinski definition) is 3. The predicted octanol–water partition coefficient (Wildman–Crippen LogP) is 1.13. The van der Waals surface area contributed by atoms with Crippen molar-refractivity contribution >= 4 is 81.5 Å². The van der Waals surface area contributed by atoms with Gasteiger partial charge < -0.3 is 20.6 Å². The Hall–Kier alpha value is -3.14. The minimum atomic E-state index is -1.22. The van der Waals surface area contributed by atoms with E-state index in [1.165, 1.54) is 28.4 Å². The Morgan fingerprint density at radius 1 is 1.41 bits per heavy atom. The molecule has 2 aromatic rings. The van der Waals surface area contributed by atoms with Crippen LogP contribution in [0.4, 0.5) is 5.13 Å². The monoisotopic (exact) mass is 583 g/mol. The zero-order chi connectivity index (χ0) is 26.5. The summed E-state index contributed by atoms with van der Waals surface area (Å²) in [5.41, 5.74) is 0.194. The van der Waals surface area contributed by atoms with Crippen molar-refractivity contribution in [2.75, 3.05) is 23.3 Å². The maximum Gasteiger partial charge on any atom is 0.352 e. The molecule has 0 spiro atoms. The molecule has 1 fully saturated rings. The zero-order valence-electron chi connectivity index (χ0n) is 19.1. The van der Waals surface area contributed by atoms with Crippen LogP contribution in [0, 0.1) is 0 Å². The molecule has 16 heteroatoms. The van der Waals surface area contributed by atoms with Crippen LogP contribution in [0.5, 0.6) is 0 Å². The molecule has 2 aliphatic rings. The Balaban J connectivity index is 1.55. The van der Waals surface area contributed by atoms with Crippen molar-refractivity contribution in [1.82, 2.24) is 15.2 Å². The minimum absolute atomic E-state index is 0.0251. The maximum atomic E-state index is 13.2. The second-order valence-electron chi connectivity index (χ2n) is 7.55. The summed E-state index contributed by atoms with van der Waals surface area (Å²) >= 11 is 9.81. The van der Waals surface area contributed by atoms with Crippen molar-refractivity contribution in [3.05, 3.63) is 51.9 Å². The number of carbonyl (C=O) groups is 4. The van der Waals surface area contributed by atoms with E-state index in [0.29, 0.717) is 24.3 Å². The van der Waals surface area contributed by atoms with Crippen molar-refractivity contribution in [3.8, 4) is 0 Å². The Bertz CT molecular complexity index is 1290. The van der Waals surface area contributed by atoms with Gasteiger partial charge in [0, 0.05) is 23.5 Å². The second kappa shape index (κ2) is 11.9. The van der Waals surface area contributed by atoms with Crippen LogP contribution in [-0.2, 0) is 30.6 Å². The van der Waals surface area contributed by atoms with E-state index in [1.54, 1.807) is 6.26 Å². The molecule has 194 valence electrons. The molecule has 12 nitrogen and oxygen atoms in total. The van der Waals surface area contributed by atoms with Gasteiger partial charge in [0.1, 0.15) is 27.1 Å². The fourth-order valence-electron chi connectivity index (χ4n) is 3.67. The first kappa shape index (κ1) is 26.9. The third-order valence-corrected chi connectivity index (χ3v) is 8.09. The smallest absolute Gasteiger partial charge is 0.352 e. The highest BCUT2D eigenvalue weighted by Crippen LogP contribution is 2.40. The first-order valence-electron chi connectivity index (χ1n) is 10.6. The van der Waals surface area contributed by atoms with Gasteiger partial charge in [-0.3, -0.25) is 19.3 Å². The van der Waals surface area contributed by atoms with E-state index in [-0.39, 0.29) is 32.5 Å². The van der Waals surface area contributed by atoms with Gasteiger partial charge in [0.25, 0.3) is 11.8 Å². The van der Waals surface area contributed by atoms with Crippen LogP contribution in [0.3, 0.4) is 0 Å². The minimum Gasteiger partial charge on any atom is -0.477 e. The number of hydrogen-bond acceptors (Lipinski definition) is 10. The van der Waals surface area contributed by atoms with Crippen LogP contribution in [0.25, 0.3) is 0 Å². The van der Waals surface area contributed by atoms with Gasteiger partial charge in [-0.2, -0.15) is 0 Å². The Kier molecular flexibility index (Phi) is 8.68. The summed E-state index contributed by atoms with van der Waals surface area (Å²) in [6, 6.07) is 4.51. The first-order valence-corrected chi connectivity index (χ1v) is 14.2. The van der Waals surface area contributed by atoms with E-state index in [1.807, 2.05) is 35.2 Å². The molecule has 1 unspecified atom stereocenters. The molecule has 37 heavy (non-hydrogen) atoms. The van der Waals surface area contributed by atoms with E-state index < -0.39 is 29.2 Å². The number of fused-ring (bicyclic) bond motifs is 1. The van der Waals surface area contributed by atoms with Crippen LogP contribution in [0.15, 0.2) is 47.0 Å². The normalized spacial score (nSPS) is 19.1. The molecule has 0 saturated carbocycles. The van der Waals surface area contributed by atoms with Crippen LogP contribution >= 0.6 is 46.5 Å². The lowest BCUT2D eigenvalue weighted by Crippen LogP contribution is -2.71. The van der Waals surface area contributed by atoms with E-state index in [0.717, 1.165) is 11.3 Å². The number of rotatable bonds is 11. The number of thiazole rings is 1. The molecule has 3 amide bonds. The quantitative estimate of drug-likeness (QED) is 0.0671. The third kappa shape index (κ3) is 5.74. The molecule has 2 atom stereocenters. The summed E-state index contributed by atoms with van der Waals surface area (Å²) in [4.78, 5) is 59.5. The van der Waals surface area contributed by atoms with Crippen LogP contribution in [0.1, 0.15) is 5.69 Å². The lowest BCUT2D eigenvalue weighted by atomic mass is 10.0. The Morgan fingerprint density at radius 2 is 2.16 bits per heavy atom.